The number of carbonyl (C=O) groups excluding carboxylic acids is 6. The summed E-state index contributed by atoms with van der Waals surface area (Å²) >= 11 is 0. The zero-order valence-corrected chi connectivity index (χ0v) is 44.8. The number of piperidine rings is 1. The van der Waals surface area contributed by atoms with Crippen molar-refractivity contribution in [1.82, 2.24) is 4.90 Å². The lowest BCUT2D eigenvalue weighted by molar-refractivity contribution is -0.167. The van der Waals surface area contributed by atoms with Crippen molar-refractivity contribution in [2.75, 3.05) is 27.9 Å². The zero-order valence-electron chi connectivity index (χ0n) is 44.8. The van der Waals surface area contributed by atoms with Gasteiger partial charge < -0.3 is 38.8 Å². The van der Waals surface area contributed by atoms with Crippen molar-refractivity contribution in [3.05, 3.63) is 47.6 Å². The van der Waals surface area contributed by atoms with Gasteiger partial charge in [-0.15, -0.1) is 0 Å². The Bertz CT molecular complexity index is 1870. The second-order valence-electron chi connectivity index (χ2n) is 21.5. The summed E-state index contributed by atoms with van der Waals surface area (Å²) in [6.45, 7) is 18.5. The summed E-state index contributed by atoms with van der Waals surface area (Å²) in [4.78, 5) is 82.2. The first-order valence-electron chi connectivity index (χ1n) is 26.0. The van der Waals surface area contributed by atoms with Crippen LogP contribution in [0.1, 0.15) is 153 Å². The monoisotopic (exact) mass is 984 g/mol. The van der Waals surface area contributed by atoms with Crippen molar-refractivity contribution in [2.45, 2.75) is 201 Å². The van der Waals surface area contributed by atoms with E-state index in [0.29, 0.717) is 63.4 Å². The Hall–Kier alpha value is -3.82. The van der Waals surface area contributed by atoms with Gasteiger partial charge in [-0.05, 0) is 113 Å². The molecule has 1 saturated carbocycles. The van der Waals surface area contributed by atoms with Crippen LogP contribution in [0, 0.1) is 40.9 Å². The molecule has 0 unspecified atom stereocenters. The Morgan fingerprint density at radius 3 is 2.23 bits per heavy atom. The third-order valence-electron chi connectivity index (χ3n) is 15.3. The molecule has 0 radical (unpaired) electrons. The maximum atomic E-state index is 14.1. The number of carbonyl (C=O) groups is 6. The first kappa shape index (κ1) is 60.5. The first-order chi connectivity index (χ1) is 33.0. The van der Waals surface area contributed by atoms with Crippen LogP contribution in [0.3, 0.4) is 0 Å². The molecule has 14 heteroatoms. The number of likely N-dealkylation sites (tertiary alicyclic amines) is 1. The van der Waals surface area contributed by atoms with Crippen LogP contribution in [-0.2, 0) is 52.5 Å². The summed E-state index contributed by atoms with van der Waals surface area (Å²) in [6, 6.07) is -0.958. The van der Waals surface area contributed by atoms with Gasteiger partial charge in [-0.2, -0.15) is 0 Å². The fraction of sp³-hybridized carbons (Fsp3) is 0.750. The molecule has 14 atom stereocenters. The predicted molar refractivity (Wildman–Crippen MR) is 269 cm³/mol. The second kappa shape index (κ2) is 29.0. The van der Waals surface area contributed by atoms with Crippen LogP contribution < -0.4 is 0 Å². The summed E-state index contributed by atoms with van der Waals surface area (Å²) < 4.78 is 28.7. The number of Topliss-reactive ketones (excluding diaryl/α,β-unsaturated/α-hetero) is 3. The van der Waals surface area contributed by atoms with E-state index in [1.54, 1.807) is 48.0 Å². The summed E-state index contributed by atoms with van der Waals surface area (Å²) in [5.74, 6) is -3.89. The molecule has 0 aromatic carbocycles. The Morgan fingerprint density at radius 2 is 1.60 bits per heavy atom. The minimum absolute atomic E-state index is 0.0284. The lowest BCUT2D eigenvalue weighted by atomic mass is 9.78. The van der Waals surface area contributed by atoms with Crippen LogP contribution >= 0.6 is 0 Å². The van der Waals surface area contributed by atoms with Gasteiger partial charge in [0, 0.05) is 58.0 Å². The lowest BCUT2D eigenvalue weighted by Crippen LogP contribution is -2.53. The van der Waals surface area contributed by atoms with Crippen LogP contribution in [0.5, 0.6) is 0 Å². The number of rotatable bonds is 27. The van der Waals surface area contributed by atoms with Gasteiger partial charge in [0.2, 0.25) is 5.78 Å². The van der Waals surface area contributed by atoms with Crippen molar-refractivity contribution >= 4 is 35.2 Å². The van der Waals surface area contributed by atoms with E-state index in [1.165, 1.54) is 12.0 Å². The number of esters is 2. The number of ketones is 3. The summed E-state index contributed by atoms with van der Waals surface area (Å²) in [5, 5.41) is 21.9. The minimum atomic E-state index is -1.32. The zero-order chi connectivity index (χ0) is 52.5. The number of aliphatic hydroxyl groups is 2. The molecule has 14 nitrogen and oxygen atoms in total. The average molecular weight is 984 g/mol. The Labute approximate surface area is 419 Å². The van der Waals surface area contributed by atoms with E-state index < -0.39 is 65.4 Å². The Morgan fingerprint density at radius 1 is 0.900 bits per heavy atom. The molecule has 3 fully saturated rings. The lowest BCUT2D eigenvalue weighted by Gasteiger charge is -2.37. The molecule has 1 amide bonds. The van der Waals surface area contributed by atoms with E-state index in [1.807, 2.05) is 71.9 Å². The van der Waals surface area contributed by atoms with Crippen LogP contribution in [-0.4, -0.2) is 127 Å². The molecule has 3 rings (SSSR count). The van der Waals surface area contributed by atoms with Gasteiger partial charge in [0.25, 0.3) is 5.91 Å². The van der Waals surface area contributed by atoms with Gasteiger partial charge in [0.1, 0.15) is 36.2 Å². The van der Waals surface area contributed by atoms with Crippen molar-refractivity contribution in [1.29, 1.82) is 0 Å². The minimum Gasteiger partial charge on any atom is -0.462 e. The molecule has 0 spiro atoms. The quantitative estimate of drug-likeness (QED) is 0.0345. The van der Waals surface area contributed by atoms with E-state index in [2.05, 4.69) is 0 Å². The molecule has 2 saturated heterocycles. The fourth-order valence-electron chi connectivity index (χ4n) is 9.97. The normalized spacial score (nSPS) is 26.4. The molecule has 3 aliphatic rings. The summed E-state index contributed by atoms with van der Waals surface area (Å²) in [6.07, 6.45) is 14.1. The van der Waals surface area contributed by atoms with E-state index in [9.17, 15) is 39.0 Å². The highest BCUT2D eigenvalue weighted by Gasteiger charge is 2.42. The number of aliphatic hydroxyl groups excluding tert-OH is 2. The SMILES string of the molecule is CCC(C)(C)C(=O)C(=O)N1CCCC[C@H]1C(=O)O[C@@H](CC(=O)[C@H](C)/C=C(\C)[C@@H](O)[C@@H](OC)C(=O)[C@H](C)C[C@H](C)\C=C/C=C/C=C(\C)[C@H](C[C@@H]1CC[C@@H](C)C(=O)O1)OC)[C@H](C)C[C@@H]1CC[C@@H](O)[C@H](OC)C1. The van der Waals surface area contributed by atoms with Gasteiger partial charge in [0.05, 0.1) is 24.2 Å². The van der Waals surface area contributed by atoms with Crippen LogP contribution in [0.15, 0.2) is 47.6 Å². The van der Waals surface area contributed by atoms with Gasteiger partial charge in [-0.3, -0.25) is 24.0 Å². The number of hydrogen-bond donors (Lipinski definition) is 2. The smallest absolute Gasteiger partial charge is 0.329 e. The molecule has 0 aromatic heterocycles. The number of hydrogen-bond acceptors (Lipinski definition) is 13. The van der Waals surface area contributed by atoms with Crippen LogP contribution in [0.25, 0.3) is 0 Å². The van der Waals surface area contributed by atoms with Crippen LogP contribution in [0.2, 0.25) is 0 Å². The summed E-state index contributed by atoms with van der Waals surface area (Å²) in [5.41, 5.74) is 0.519. The highest BCUT2D eigenvalue weighted by molar-refractivity contribution is 6.38. The average Bonchev–Trinajstić information content (AvgIpc) is 3.33. The van der Waals surface area contributed by atoms with E-state index in [-0.39, 0.29) is 72.5 Å². The Kier molecular flexibility index (Phi) is 25.1. The second-order valence-corrected chi connectivity index (χ2v) is 21.5. The van der Waals surface area contributed by atoms with Crippen LogP contribution in [0.4, 0.5) is 0 Å². The molecule has 0 bridgehead atoms. The van der Waals surface area contributed by atoms with E-state index in [0.717, 1.165) is 24.8 Å². The molecule has 396 valence electrons. The number of ether oxygens (including phenoxy) is 5. The van der Waals surface area contributed by atoms with Gasteiger partial charge >= 0.3 is 11.9 Å². The molecule has 2 heterocycles. The topological polar surface area (TPSA) is 192 Å². The number of amides is 1. The molecule has 0 aromatic rings. The van der Waals surface area contributed by atoms with E-state index >= 15 is 0 Å². The molecule has 2 N–H and O–H groups in total. The first-order valence-corrected chi connectivity index (χ1v) is 26.0. The highest BCUT2D eigenvalue weighted by atomic mass is 16.6. The molecule has 70 heavy (non-hydrogen) atoms. The molecular formula is C56H89NO13. The third kappa shape index (κ3) is 17.7. The molecular weight excluding hydrogens is 895 g/mol. The van der Waals surface area contributed by atoms with Gasteiger partial charge in [-0.25, -0.2) is 4.79 Å². The maximum Gasteiger partial charge on any atom is 0.329 e. The fourth-order valence-corrected chi connectivity index (χ4v) is 9.97. The number of nitrogens with zero attached hydrogens (tertiary/aromatic N) is 1. The number of methoxy groups -OCH3 is 3. The van der Waals surface area contributed by atoms with Crippen molar-refractivity contribution < 1.29 is 62.7 Å². The van der Waals surface area contributed by atoms with E-state index in [4.69, 9.17) is 23.7 Å². The Balaban J connectivity index is 1.68. The number of allylic oxidation sites excluding steroid dienone is 6. The largest absolute Gasteiger partial charge is 0.462 e. The third-order valence-corrected chi connectivity index (χ3v) is 15.3. The van der Waals surface area contributed by atoms with Gasteiger partial charge in [-0.1, -0.05) is 91.8 Å². The van der Waals surface area contributed by atoms with Crippen molar-refractivity contribution in [3.8, 4) is 0 Å². The van der Waals surface area contributed by atoms with Gasteiger partial charge in [0.15, 0.2) is 5.78 Å². The summed E-state index contributed by atoms with van der Waals surface area (Å²) in [7, 11) is 4.61. The standard InChI is InChI=1S/C56H89NO13/c1-14-56(9,10)52(62)53(63)57-27-19-18-22-43(57)55(65)70-47(38(6)30-41-24-26-44(58)48(31-41)67-12)33-45(59)37(5)29-40(8)50(61)51(68-13)49(60)39(7)28-34(2)20-16-15-17-21-35(3)46(66-11)32-42-25-23-36(4)54(64)69-42/h15-17,20-21,29,34,36-39,41-44,46-48,50-51,58,61H,14,18-19,22-28,30-33H2,1-13H3/b17-15+,20-16-,35-21+,40-29+/t34-,36-,37-,38-,39-,41+,42+,43+,44-,46+,47+,48-,50-,51+/m1/s1. The number of cyclic esters (lactones) is 1. The molecule has 1 aliphatic carbocycles. The molecule has 2 aliphatic heterocycles. The van der Waals surface area contributed by atoms with Crippen molar-refractivity contribution in [2.24, 2.45) is 40.9 Å². The maximum absolute atomic E-state index is 14.1. The predicted octanol–water partition coefficient (Wildman–Crippen LogP) is 8.44. The highest BCUT2D eigenvalue weighted by Crippen LogP contribution is 2.35. The van der Waals surface area contributed by atoms with Crippen molar-refractivity contribution in [3.63, 3.8) is 0 Å².